The average molecular weight is 1610 g/mol. The normalized spacial score (nSPS) is 20.8. The number of imide groups is 2. The molecule has 0 bridgehead atoms. The molecule has 36 heteroatoms. The maximum absolute atomic E-state index is 13.3. The zero-order valence-corrected chi connectivity index (χ0v) is 70.7. The Morgan fingerprint density at radius 1 is 0.555 bits per heavy atom. The minimum Gasteiger partial charge on any atom is -0.408 e. The van der Waals surface area contributed by atoms with E-state index in [1.165, 1.54) is 43.5 Å². The first-order valence-corrected chi connectivity index (χ1v) is 44.9. The molecular formula is C74H110N12O20P2Si2. The number of aromatic amines is 2. The molecule has 110 heavy (non-hydrogen) atoms. The van der Waals surface area contributed by atoms with E-state index in [0.29, 0.717) is 0 Å². The highest BCUT2D eigenvalue weighted by Crippen LogP contribution is 2.54. The fraction of sp³-hybridized carbons (Fsp3) is 0.622. The molecule has 0 radical (unpaired) electrons. The molecule has 4 aromatic rings. The third-order valence-corrected chi connectivity index (χ3v) is 33.1. The monoisotopic (exact) mass is 1600 g/mol. The summed E-state index contributed by atoms with van der Waals surface area (Å²) < 4.78 is 72.5. The molecule has 0 aliphatic carbocycles. The van der Waals surface area contributed by atoms with Crippen LogP contribution in [0.2, 0.25) is 36.3 Å². The number of carbonyl (C=O) groups excluding carboxylic acids is 6. The number of hydrogen-bond acceptors (Lipinski definition) is 23. The number of likely N-dealkylation sites (N-methyl/N-ethyl adjacent to an activating group) is 2. The van der Waals surface area contributed by atoms with Gasteiger partial charge in [0.05, 0.1) is 67.8 Å². The van der Waals surface area contributed by atoms with Crippen molar-refractivity contribution in [1.29, 1.82) is 5.26 Å². The molecule has 32 nitrogen and oxygen atoms in total. The molecule has 0 saturated carbocycles. The molecule has 604 valence electrons. The summed E-state index contributed by atoms with van der Waals surface area (Å²) in [5.41, 5.74) is -1.43. The van der Waals surface area contributed by atoms with Gasteiger partial charge in [0.1, 0.15) is 56.3 Å². The smallest absolute Gasteiger partial charge is 0.330 e. The van der Waals surface area contributed by atoms with E-state index in [1.54, 1.807) is 62.6 Å². The summed E-state index contributed by atoms with van der Waals surface area (Å²) in [7, 11) is -5.62. The zero-order chi connectivity index (χ0) is 81.7. The van der Waals surface area contributed by atoms with Crippen molar-refractivity contribution < 1.29 is 74.7 Å². The second kappa shape index (κ2) is 39.0. The summed E-state index contributed by atoms with van der Waals surface area (Å²) in [4.78, 5) is 141. The number of nitrogens with one attached hydrogen (secondary N) is 2. The fourth-order valence-corrected chi connectivity index (χ4v) is 18.2. The highest BCUT2D eigenvalue weighted by atomic mass is 31.2. The van der Waals surface area contributed by atoms with Crippen LogP contribution >= 0.6 is 17.1 Å². The van der Waals surface area contributed by atoms with Crippen LogP contribution in [0.5, 0.6) is 0 Å². The van der Waals surface area contributed by atoms with Gasteiger partial charge in [0.2, 0.25) is 18.4 Å². The second-order valence-electron chi connectivity index (χ2n) is 31.3. The molecule has 2 fully saturated rings. The maximum atomic E-state index is 13.3. The maximum Gasteiger partial charge on any atom is 0.330 e. The molecule has 2 aromatic carbocycles. The summed E-state index contributed by atoms with van der Waals surface area (Å²) in [6.45, 7) is 44.4. The van der Waals surface area contributed by atoms with E-state index in [9.17, 15) is 53.2 Å². The Bertz CT molecular complexity index is 4120. The first kappa shape index (κ1) is 90.0. The number of fused-ring (bicyclic) bond motifs is 2. The molecular weight excluding hydrogens is 1490 g/mol. The van der Waals surface area contributed by atoms with Crippen LogP contribution in [0.4, 0.5) is 0 Å². The van der Waals surface area contributed by atoms with Crippen LogP contribution in [-0.2, 0) is 55.5 Å². The van der Waals surface area contributed by atoms with Crippen LogP contribution in [-0.4, -0.2) is 247 Å². The minimum atomic E-state index is -2.58. The third-order valence-electron chi connectivity index (χ3n) is 19.9. The summed E-state index contributed by atoms with van der Waals surface area (Å²) in [5, 5.41) is 8.83. The molecule has 4 aliphatic rings. The predicted molar refractivity (Wildman–Crippen MR) is 417 cm³/mol. The van der Waals surface area contributed by atoms with Crippen LogP contribution in [0.15, 0.2) is 92.2 Å². The van der Waals surface area contributed by atoms with E-state index in [4.69, 9.17) is 52.5 Å². The first-order valence-electron chi connectivity index (χ1n) is 36.9. The molecule has 10 atom stereocenters. The van der Waals surface area contributed by atoms with Gasteiger partial charge in [0.25, 0.3) is 51.8 Å². The molecule has 8 rings (SSSR count). The number of aromatic nitrogens is 4. The summed E-state index contributed by atoms with van der Waals surface area (Å²) in [6.07, 6.45) is -4.19. The number of H-pyrrole nitrogens is 2. The molecule has 2 N–H and O–H groups in total. The number of rotatable bonds is 36. The fourth-order valence-electron chi connectivity index (χ4n) is 12.0. The van der Waals surface area contributed by atoms with Gasteiger partial charge in [-0.3, -0.25) is 67.3 Å². The molecule has 4 aliphatic heterocycles. The number of hydrogen-bond donors (Lipinski definition) is 2. The molecule has 2 saturated heterocycles. The van der Waals surface area contributed by atoms with Gasteiger partial charge in [0.15, 0.2) is 29.1 Å². The number of nitriles is 1. The van der Waals surface area contributed by atoms with E-state index in [-0.39, 0.29) is 122 Å². The average Bonchev–Trinajstić information content (AvgIpc) is 1.61. The molecule has 6 heterocycles. The number of amides is 6. The van der Waals surface area contributed by atoms with Gasteiger partial charge < -0.3 is 60.5 Å². The van der Waals surface area contributed by atoms with Crippen LogP contribution < -0.4 is 22.5 Å². The molecule has 0 spiro atoms. The van der Waals surface area contributed by atoms with E-state index < -0.39 is 154 Å². The number of benzene rings is 2. The van der Waals surface area contributed by atoms with Crippen LogP contribution in [0.3, 0.4) is 0 Å². The quantitative estimate of drug-likeness (QED) is 0.0142. The highest BCUT2D eigenvalue weighted by molar-refractivity contribution is 7.45. The lowest BCUT2D eigenvalue weighted by Crippen LogP contribution is -2.51. The second-order valence-corrected chi connectivity index (χ2v) is 43.6. The van der Waals surface area contributed by atoms with Crippen LogP contribution in [0.1, 0.15) is 157 Å². The predicted octanol–water partition coefficient (Wildman–Crippen LogP) is 8.52. The van der Waals surface area contributed by atoms with Crippen LogP contribution in [0, 0.1) is 17.9 Å². The Morgan fingerprint density at radius 2 is 0.909 bits per heavy atom. The summed E-state index contributed by atoms with van der Waals surface area (Å²) in [5.74, 6) is -2.94. The summed E-state index contributed by atoms with van der Waals surface area (Å²) in [6, 6.07) is 17.5. The minimum absolute atomic E-state index is 0.00372. The van der Waals surface area contributed by atoms with Crippen molar-refractivity contribution in [3.63, 3.8) is 0 Å². The van der Waals surface area contributed by atoms with E-state index in [1.807, 2.05) is 55.4 Å². The Labute approximate surface area is 647 Å². The topological polar surface area (TPSA) is 352 Å². The van der Waals surface area contributed by atoms with Crippen molar-refractivity contribution in [2.24, 2.45) is 0 Å². The first-order chi connectivity index (χ1) is 51.6. The van der Waals surface area contributed by atoms with Gasteiger partial charge in [-0.2, -0.15) is 5.26 Å². The molecule has 6 amide bonds. The van der Waals surface area contributed by atoms with Crippen molar-refractivity contribution in [3.05, 3.63) is 148 Å². The summed E-state index contributed by atoms with van der Waals surface area (Å²) >= 11 is 0. The lowest BCUT2D eigenvalue weighted by molar-refractivity contribution is -0.131. The number of nitrogens with zero attached hydrogens (tertiary/aromatic N) is 10. The Hall–Kier alpha value is -7.19. The van der Waals surface area contributed by atoms with Gasteiger partial charge in [0, 0.05) is 75.9 Å². The number of ether oxygens (including phenoxy) is 4. The van der Waals surface area contributed by atoms with Crippen molar-refractivity contribution in [2.75, 3.05) is 86.5 Å². The SMILES string of the molecule is CC(C)N(C(C)C)P(OCCC#N)OC1[C@@H](COCCN(C)C(=O)CN2C(=O)c3ccccc3C2=O)O[C@@H](n2ccc(=O)[nH]c2=O)[C@H]1O[Si](C)(C)C(C)(C)C.[C-]#[N+]CCOP(O[C@H]1C(O[Si](C)(C)C(C)(C)C)[C@@H](COCCN(C)C(=O)CN2C(=O)c3ccccc3C2=O)O[C@H]1n1ccc(=O)[nH]c1=O)N(C(C)C)C(C)C. The Kier molecular flexibility index (Phi) is 31.9. The lowest BCUT2D eigenvalue weighted by atomic mass is 10.1. The van der Waals surface area contributed by atoms with E-state index >= 15 is 0 Å². The molecule has 4 unspecified atom stereocenters. The van der Waals surface area contributed by atoms with Crippen molar-refractivity contribution in [2.45, 2.75) is 213 Å². The van der Waals surface area contributed by atoms with E-state index in [2.05, 4.69) is 98.0 Å². The lowest BCUT2D eigenvalue weighted by Gasteiger charge is -2.42. The van der Waals surface area contributed by atoms with Gasteiger partial charge in [-0.15, -0.1) is 0 Å². The van der Waals surface area contributed by atoms with Gasteiger partial charge in [-0.25, -0.2) is 25.5 Å². The Balaban J connectivity index is 0.000000306. The van der Waals surface area contributed by atoms with Gasteiger partial charge >= 0.3 is 11.4 Å². The van der Waals surface area contributed by atoms with Crippen molar-refractivity contribution in [1.82, 2.24) is 48.0 Å². The highest BCUT2D eigenvalue weighted by Gasteiger charge is 2.56. The standard InChI is InChI=1S/2C37H55N6O10PSi/c1-24(2)43(25(3)4)54(50-20-17-38-8)52-32-31(53-55(10,11)37(5,6)7)28(51-35(32)41-18-16-29(44)39-36(41)48)23-49-21-19-40(9)30(45)22-42-33(46)26-14-12-13-15-27(26)34(42)47;1-24(2)43(25(3)4)54(50-20-13-17-38)52-31-28(51-35(41-18-16-29(44)39-36(41)48)32(31)53-55(9,10)37(5,6)7)23-49-21-19-40(8)30(45)22-42-33(46)26-14-11-12-15-27(26)34(42)47/h12-16,18,24-25,28,31-32,35H,17,19-23H2,1-7,9-11H3,(H,39,44,48);11-12,14-16,18,24-25,28,31-32,35H,13,19-23H2,1-10H3,(H,39,44,48)/t2*28-,31?,32+,35-,54?/m11/s1. The largest absolute Gasteiger partial charge is 0.408 e. The Morgan fingerprint density at radius 3 is 1.26 bits per heavy atom. The van der Waals surface area contributed by atoms with Gasteiger partial charge in [-0.05, 0) is 116 Å². The van der Waals surface area contributed by atoms with E-state index in [0.717, 1.165) is 9.80 Å². The molecule has 2 aromatic heterocycles. The van der Waals surface area contributed by atoms with Gasteiger partial charge in [-0.1, -0.05) is 65.8 Å². The van der Waals surface area contributed by atoms with Crippen LogP contribution in [0.25, 0.3) is 4.85 Å². The van der Waals surface area contributed by atoms with Crippen molar-refractivity contribution in [3.8, 4) is 6.07 Å². The zero-order valence-electron chi connectivity index (χ0n) is 66.9. The third kappa shape index (κ3) is 22.2. The van der Waals surface area contributed by atoms with Crippen molar-refractivity contribution >= 4 is 69.1 Å². The number of carbonyl (C=O) groups is 6.